The summed E-state index contributed by atoms with van der Waals surface area (Å²) in [7, 11) is 0. The Bertz CT molecular complexity index is 412. The number of aromatic nitrogens is 3. The van der Waals surface area contributed by atoms with Crippen molar-refractivity contribution < 1.29 is 4.74 Å². The number of rotatable bonds is 7. The van der Waals surface area contributed by atoms with Gasteiger partial charge in [-0.15, -0.1) is 0 Å². The predicted octanol–water partition coefficient (Wildman–Crippen LogP) is 2.40. The molecule has 1 fully saturated rings. The van der Waals surface area contributed by atoms with E-state index in [1.54, 1.807) is 0 Å². The van der Waals surface area contributed by atoms with E-state index >= 15 is 0 Å². The average Bonchev–Trinajstić information content (AvgIpc) is 2.46. The van der Waals surface area contributed by atoms with E-state index in [0.29, 0.717) is 30.6 Å². The molecule has 0 bridgehead atoms. The molecule has 1 saturated heterocycles. The summed E-state index contributed by atoms with van der Waals surface area (Å²) in [5.41, 5.74) is 0. The normalized spacial score (nSPS) is 15.9. The van der Waals surface area contributed by atoms with Crippen LogP contribution in [0.4, 0.5) is 11.9 Å². The van der Waals surface area contributed by atoms with Gasteiger partial charge in [-0.25, -0.2) is 0 Å². The molecule has 0 spiro atoms. The van der Waals surface area contributed by atoms with Crippen LogP contribution in [0.3, 0.4) is 0 Å². The maximum atomic E-state index is 5.53. The summed E-state index contributed by atoms with van der Waals surface area (Å²) >= 11 is 2.00. The number of nitrogens with one attached hydrogen (secondary N) is 2. The summed E-state index contributed by atoms with van der Waals surface area (Å²) in [6.45, 7) is 5.47. The molecule has 0 amide bonds. The third kappa shape index (κ3) is 4.70. The summed E-state index contributed by atoms with van der Waals surface area (Å²) in [5.74, 6) is 3.57. The summed E-state index contributed by atoms with van der Waals surface area (Å²) in [4.78, 5) is 13.0. The van der Waals surface area contributed by atoms with Crippen LogP contribution < -0.4 is 15.4 Å². The zero-order valence-electron chi connectivity index (χ0n) is 12.2. The van der Waals surface area contributed by atoms with Crippen LogP contribution in [0.25, 0.3) is 0 Å². The van der Waals surface area contributed by atoms with Crippen LogP contribution in [-0.2, 0) is 0 Å². The minimum absolute atomic E-state index is 0.394. The lowest BCUT2D eigenvalue weighted by molar-refractivity contribution is 0.292. The van der Waals surface area contributed by atoms with Gasteiger partial charge >= 0.3 is 6.01 Å². The van der Waals surface area contributed by atoms with E-state index in [-0.39, 0.29) is 0 Å². The molecule has 1 aromatic rings. The number of hydrogen-bond acceptors (Lipinski definition) is 7. The number of ether oxygens (including phenoxy) is 1. The second kappa shape index (κ2) is 8.14. The first-order chi connectivity index (χ1) is 9.81. The van der Waals surface area contributed by atoms with Gasteiger partial charge in [0.15, 0.2) is 0 Å². The molecule has 0 aromatic carbocycles. The van der Waals surface area contributed by atoms with E-state index in [9.17, 15) is 0 Å². The highest BCUT2D eigenvalue weighted by atomic mass is 32.2. The van der Waals surface area contributed by atoms with E-state index in [0.717, 1.165) is 25.8 Å². The van der Waals surface area contributed by atoms with Gasteiger partial charge in [-0.05, 0) is 37.7 Å². The van der Waals surface area contributed by atoms with Crippen LogP contribution in [-0.4, -0.2) is 45.7 Å². The zero-order valence-corrected chi connectivity index (χ0v) is 13.0. The molecule has 0 atom stereocenters. The van der Waals surface area contributed by atoms with Crippen LogP contribution in [0.1, 0.15) is 33.1 Å². The van der Waals surface area contributed by atoms with Crippen LogP contribution >= 0.6 is 11.8 Å². The highest BCUT2D eigenvalue weighted by Gasteiger charge is 2.16. The molecule has 1 aliphatic rings. The topological polar surface area (TPSA) is 72.0 Å². The van der Waals surface area contributed by atoms with E-state index in [1.165, 1.54) is 11.5 Å². The van der Waals surface area contributed by atoms with E-state index in [2.05, 4.69) is 32.5 Å². The lowest BCUT2D eigenvalue weighted by atomic mass is 10.2. The molecule has 2 rings (SSSR count). The molecule has 7 heteroatoms. The number of hydrogen-bond donors (Lipinski definition) is 2. The highest BCUT2D eigenvalue weighted by Crippen LogP contribution is 2.20. The lowest BCUT2D eigenvalue weighted by Crippen LogP contribution is -2.26. The Balaban J connectivity index is 2.06. The Morgan fingerprint density at radius 3 is 2.60 bits per heavy atom. The van der Waals surface area contributed by atoms with Crippen molar-refractivity contribution in [2.75, 3.05) is 35.3 Å². The first-order valence-corrected chi connectivity index (χ1v) is 8.44. The first kappa shape index (κ1) is 15.2. The molecule has 0 saturated carbocycles. The molecular weight excluding hydrogens is 274 g/mol. The number of anilines is 2. The van der Waals surface area contributed by atoms with Gasteiger partial charge < -0.3 is 15.4 Å². The van der Waals surface area contributed by atoms with Gasteiger partial charge in [-0.1, -0.05) is 6.92 Å². The van der Waals surface area contributed by atoms with Gasteiger partial charge in [-0.2, -0.15) is 26.7 Å². The van der Waals surface area contributed by atoms with Crippen molar-refractivity contribution in [3.63, 3.8) is 0 Å². The third-order valence-corrected chi connectivity index (χ3v) is 3.99. The Kier molecular flexibility index (Phi) is 6.17. The van der Waals surface area contributed by atoms with Crippen LogP contribution in [0, 0.1) is 0 Å². The Morgan fingerprint density at radius 2 is 1.90 bits per heavy atom. The average molecular weight is 297 g/mol. The van der Waals surface area contributed by atoms with Crippen molar-refractivity contribution in [1.82, 2.24) is 15.0 Å². The molecule has 0 aliphatic carbocycles. The maximum Gasteiger partial charge on any atom is 0.323 e. The van der Waals surface area contributed by atoms with Crippen molar-refractivity contribution in [2.45, 2.75) is 39.2 Å². The maximum absolute atomic E-state index is 5.53. The monoisotopic (exact) mass is 297 g/mol. The molecule has 6 nitrogen and oxygen atoms in total. The fraction of sp³-hybridized carbons (Fsp3) is 0.769. The summed E-state index contributed by atoms with van der Waals surface area (Å²) in [6, 6.07) is 0.845. The van der Waals surface area contributed by atoms with Crippen LogP contribution in [0.2, 0.25) is 0 Å². The largest absolute Gasteiger partial charge is 0.463 e. The molecule has 0 unspecified atom stereocenters. The Hall–Kier alpha value is -1.24. The molecule has 20 heavy (non-hydrogen) atoms. The lowest BCUT2D eigenvalue weighted by Gasteiger charge is -2.22. The molecular formula is C13H23N5OS. The van der Waals surface area contributed by atoms with Crippen molar-refractivity contribution in [1.29, 1.82) is 0 Å². The molecule has 2 heterocycles. The van der Waals surface area contributed by atoms with E-state index in [1.807, 2.05) is 18.7 Å². The SMILES string of the molecule is CCCOc1nc(NCC)nc(NC2CCSCC2)n1. The van der Waals surface area contributed by atoms with Crippen molar-refractivity contribution in [3.8, 4) is 6.01 Å². The van der Waals surface area contributed by atoms with Gasteiger partial charge in [0.2, 0.25) is 11.9 Å². The van der Waals surface area contributed by atoms with E-state index in [4.69, 9.17) is 4.74 Å². The quantitative estimate of drug-likeness (QED) is 0.800. The molecule has 112 valence electrons. The van der Waals surface area contributed by atoms with Gasteiger partial charge in [0.1, 0.15) is 0 Å². The second-order valence-electron chi connectivity index (χ2n) is 4.67. The Labute approximate surface area is 124 Å². The third-order valence-electron chi connectivity index (χ3n) is 2.94. The predicted molar refractivity (Wildman–Crippen MR) is 83.7 cm³/mol. The van der Waals surface area contributed by atoms with Crippen molar-refractivity contribution in [3.05, 3.63) is 0 Å². The van der Waals surface area contributed by atoms with Crippen molar-refractivity contribution >= 4 is 23.7 Å². The van der Waals surface area contributed by atoms with Gasteiger partial charge in [0.05, 0.1) is 6.61 Å². The fourth-order valence-corrected chi connectivity index (χ4v) is 3.05. The first-order valence-electron chi connectivity index (χ1n) is 7.28. The minimum Gasteiger partial charge on any atom is -0.463 e. The number of thioether (sulfide) groups is 1. The standard InChI is InChI=1S/C13H23N5OS/c1-3-7-19-13-17-11(14-4-2)16-12(18-13)15-10-5-8-20-9-6-10/h10H,3-9H2,1-2H3,(H2,14,15,16,17,18). The molecule has 0 radical (unpaired) electrons. The summed E-state index contributed by atoms with van der Waals surface area (Å²) in [6.07, 6.45) is 3.24. The van der Waals surface area contributed by atoms with E-state index < -0.39 is 0 Å². The zero-order chi connectivity index (χ0) is 14.2. The van der Waals surface area contributed by atoms with Gasteiger partial charge in [0.25, 0.3) is 0 Å². The second-order valence-corrected chi connectivity index (χ2v) is 5.90. The molecule has 1 aliphatic heterocycles. The fourth-order valence-electron chi connectivity index (χ4n) is 1.94. The molecule has 2 N–H and O–H groups in total. The summed E-state index contributed by atoms with van der Waals surface area (Å²) in [5, 5.41) is 6.52. The van der Waals surface area contributed by atoms with Gasteiger partial charge in [-0.3, -0.25) is 0 Å². The smallest absolute Gasteiger partial charge is 0.323 e. The highest BCUT2D eigenvalue weighted by molar-refractivity contribution is 7.99. The summed E-state index contributed by atoms with van der Waals surface area (Å²) < 4.78 is 5.53. The minimum atomic E-state index is 0.394. The Morgan fingerprint density at radius 1 is 1.15 bits per heavy atom. The van der Waals surface area contributed by atoms with Crippen molar-refractivity contribution in [2.24, 2.45) is 0 Å². The van der Waals surface area contributed by atoms with Gasteiger partial charge in [0, 0.05) is 12.6 Å². The number of nitrogens with zero attached hydrogens (tertiary/aromatic N) is 3. The van der Waals surface area contributed by atoms with Crippen LogP contribution in [0.15, 0.2) is 0 Å². The van der Waals surface area contributed by atoms with Crippen LogP contribution in [0.5, 0.6) is 6.01 Å². The molecule has 1 aromatic heterocycles.